The number of methoxy groups -OCH3 is 2. The van der Waals surface area contributed by atoms with Gasteiger partial charge in [-0.25, -0.2) is 0 Å². The molecule has 0 bridgehead atoms. The minimum Gasteiger partial charge on any atom is -0.496 e. The van der Waals surface area contributed by atoms with E-state index < -0.39 is 12.0 Å². The van der Waals surface area contributed by atoms with E-state index in [4.69, 9.17) is 10.5 Å². The molecule has 1 aromatic rings. The van der Waals surface area contributed by atoms with E-state index in [2.05, 4.69) is 20.7 Å². The van der Waals surface area contributed by atoms with Crippen molar-refractivity contribution in [1.29, 1.82) is 0 Å². The van der Waals surface area contributed by atoms with Crippen molar-refractivity contribution in [3.63, 3.8) is 0 Å². The fourth-order valence-corrected chi connectivity index (χ4v) is 1.58. The molecule has 0 saturated heterocycles. The highest BCUT2D eigenvalue weighted by molar-refractivity contribution is 9.10. The maximum absolute atomic E-state index is 11.3. The molecule has 2 N–H and O–H groups in total. The Morgan fingerprint density at radius 3 is 2.67 bits per heavy atom. The van der Waals surface area contributed by atoms with Crippen molar-refractivity contribution in [2.24, 2.45) is 5.73 Å². The number of rotatable bonds is 3. The summed E-state index contributed by atoms with van der Waals surface area (Å²) in [5, 5.41) is 0. The summed E-state index contributed by atoms with van der Waals surface area (Å²) in [6.07, 6.45) is 0. The van der Waals surface area contributed by atoms with Gasteiger partial charge in [0.1, 0.15) is 11.8 Å². The van der Waals surface area contributed by atoms with Gasteiger partial charge >= 0.3 is 5.97 Å². The molecule has 4 nitrogen and oxygen atoms in total. The predicted molar refractivity (Wildman–Crippen MR) is 59.6 cm³/mol. The van der Waals surface area contributed by atoms with Gasteiger partial charge < -0.3 is 15.2 Å². The number of hydrogen-bond acceptors (Lipinski definition) is 4. The van der Waals surface area contributed by atoms with Crippen LogP contribution in [0.15, 0.2) is 22.7 Å². The molecule has 82 valence electrons. The zero-order chi connectivity index (χ0) is 11.4. The molecule has 0 aliphatic rings. The average molecular weight is 274 g/mol. The molecule has 0 heterocycles. The van der Waals surface area contributed by atoms with Crippen molar-refractivity contribution in [1.82, 2.24) is 0 Å². The van der Waals surface area contributed by atoms with E-state index >= 15 is 0 Å². The van der Waals surface area contributed by atoms with E-state index in [-0.39, 0.29) is 0 Å². The lowest BCUT2D eigenvalue weighted by atomic mass is 10.1. The van der Waals surface area contributed by atoms with E-state index in [1.807, 2.05) is 6.07 Å². The Morgan fingerprint density at radius 2 is 2.13 bits per heavy atom. The van der Waals surface area contributed by atoms with Crippen LogP contribution in [0.5, 0.6) is 5.75 Å². The second kappa shape index (κ2) is 5.14. The van der Waals surface area contributed by atoms with Gasteiger partial charge in [0.05, 0.1) is 14.2 Å². The summed E-state index contributed by atoms with van der Waals surface area (Å²) >= 11 is 3.30. The summed E-state index contributed by atoms with van der Waals surface area (Å²) in [7, 11) is 2.82. The summed E-state index contributed by atoms with van der Waals surface area (Å²) in [6.45, 7) is 0. The van der Waals surface area contributed by atoms with Crippen LogP contribution in [0, 0.1) is 0 Å². The first-order chi connectivity index (χ1) is 7.10. The molecule has 0 aromatic heterocycles. The molecule has 0 aliphatic carbocycles. The highest BCUT2D eigenvalue weighted by atomic mass is 79.9. The Morgan fingerprint density at radius 1 is 1.47 bits per heavy atom. The van der Waals surface area contributed by atoms with Crippen LogP contribution in [0.1, 0.15) is 11.6 Å². The van der Waals surface area contributed by atoms with Gasteiger partial charge in [-0.15, -0.1) is 0 Å². The van der Waals surface area contributed by atoms with Gasteiger partial charge in [-0.1, -0.05) is 15.9 Å². The lowest BCUT2D eigenvalue weighted by molar-refractivity contribution is -0.142. The van der Waals surface area contributed by atoms with Gasteiger partial charge in [-0.05, 0) is 18.2 Å². The highest BCUT2D eigenvalue weighted by Crippen LogP contribution is 2.27. The molecule has 5 heteroatoms. The number of ether oxygens (including phenoxy) is 2. The Kier molecular flexibility index (Phi) is 4.11. The summed E-state index contributed by atoms with van der Waals surface area (Å²) in [5.41, 5.74) is 6.31. The lowest BCUT2D eigenvalue weighted by Gasteiger charge is -2.13. The van der Waals surface area contributed by atoms with E-state index in [0.29, 0.717) is 11.3 Å². The summed E-state index contributed by atoms with van der Waals surface area (Å²) in [6, 6.07) is 4.46. The van der Waals surface area contributed by atoms with E-state index in [1.165, 1.54) is 14.2 Å². The van der Waals surface area contributed by atoms with Gasteiger partial charge in [0.2, 0.25) is 0 Å². The maximum atomic E-state index is 11.3. The van der Waals surface area contributed by atoms with Crippen LogP contribution in [-0.4, -0.2) is 20.2 Å². The third kappa shape index (κ3) is 2.70. The molecule has 0 radical (unpaired) electrons. The quantitative estimate of drug-likeness (QED) is 0.851. The normalized spacial score (nSPS) is 12.0. The molecule has 0 fully saturated rings. The molecule has 1 rings (SSSR count). The third-order valence-corrected chi connectivity index (χ3v) is 2.48. The van der Waals surface area contributed by atoms with E-state index in [0.717, 1.165) is 4.47 Å². The molecule has 0 unspecified atom stereocenters. The Balaban J connectivity index is 3.10. The topological polar surface area (TPSA) is 61.5 Å². The highest BCUT2D eigenvalue weighted by Gasteiger charge is 2.20. The van der Waals surface area contributed by atoms with Crippen LogP contribution in [0.4, 0.5) is 0 Å². The van der Waals surface area contributed by atoms with Crippen molar-refractivity contribution >= 4 is 21.9 Å². The first kappa shape index (κ1) is 12.0. The number of benzene rings is 1. The number of carbonyl (C=O) groups is 1. The predicted octanol–water partition coefficient (Wildman–Crippen LogP) is 1.63. The van der Waals surface area contributed by atoms with Crippen molar-refractivity contribution in [3.8, 4) is 5.75 Å². The second-order valence-electron chi connectivity index (χ2n) is 2.89. The number of nitrogens with two attached hydrogens (primary N) is 1. The molecule has 0 saturated carbocycles. The summed E-state index contributed by atoms with van der Waals surface area (Å²) in [4.78, 5) is 11.3. The van der Waals surface area contributed by atoms with Crippen molar-refractivity contribution < 1.29 is 14.3 Å². The van der Waals surface area contributed by atoms with Crippen LogP contribution in [-0.2, 0) is 9.53 Å². The molecule has 1 aromatic carbocycles. The maximum Gasteiger partial charge on any atom is 0.327 e. The zero-order valence-electron chi connectivity index (χ0n) is 8.49. The average Bonchev–Trinajstić information content (AvgIpc) is 2.27. The van der Waals surface area contributed by atoms with E-state index in [1.54, 1.807) is 12.1 Å². The SMILES string of the molecule is COC(=O)[C@@H](N)c1cc(Br)ccc1OC. The van der Waals surface area contributed by atoms with Crippen molar-refractivity contribution in [2.75, 3.05) is 14.2 Å². The van der Waals surface area contributed by atoms with Crippen molar-refractivity contribution in [3.05, 3.63) is 28.2 Å². The van der Waals surface area contributed by atoms with Gasteiger partial charge in [0.25, 0.3) is 0 Å². The van der Waals surface area contributed by atoms with Crippen LogP contribution < -0.4 is 10.5 Å². The van der Waals surface area contributed by atoms with Crippen LogP contribution in [0.2, 0.25) is 0 Å². The molecule has 0 spiro atoms. The van der Waals surface area contributed by atoms with E-state index in [9.17, 15) is 4.79 Å². The smallest absolute Gasteiger partial charge is 0.327 e. The molecule has 1 atom stereocenters. The minimum atomic E-state index is -0.831. The Labute approximate surface area is 96.5 Å². The number of halogens is 1. The molecule has 15 heavy (non-hydrogen) atoms. The largest absolute Gasteiger partial charge is 0.496 e. The molecule has 0 aliphatic heterocycles. The number of carbonyl (C=O) groups excluding carboxylic acids is 1. The summed E-state index contributed by atoms with van der Waals surface area (Å²) < 4.78 is 10.5. The first-order valence-electron chi connectivity index (χ1n) is 4.27. The van der Waals surface area contributed by atoms with Crippen LogP contribution in [0.3, 0.4) is 0 Å². The fourth-order valence-electron chi connectivity index (χ4n) is 1.20. The fraction of sp³-hybridized carbons (Fsp3) is 0.300. The number of hydrogen-bond donors (Lipinski definition) is 1. The summed E-state index contributed by atoms with van der Waals surface area (Å²) in [5.74, 6) is 0.0718. The van der Waals surface area contributed by atoms with Crippen molar-refractivity contribution in [2.45, 2.75) is 6.04 Å². The monoisotopic (exact) mass is 273 g/mol. The van der Waals surface area contributed by atoms with Gasteiger partial charge in [0, 0.05) is 10.0 Å². The molecular formula is C10H12BrNO3. The zero-order valence-corrected chi connectivity index (χ0v) is 10.1. The third-order valence-electron chi connectivity index (χ3n) is 1.98. The standard InChI is InChI=1S/C10H12BrNO3/c1-14-8-4-3-6(11)5-7(8)9(12)10(13)15-2/h3-5,9H,12H2,1-2H3/t9-/m0/s1. The molecular weight excluding hydrogens is 262 g/mol. The Bertz CT molecular complexity index is 368. The minimum absolute atomic E-state index is 0.494. The Hall–Kier alpha value is -1.07. The first-order valence-corrected chi connectivity index (χ1v) is 5.06. The lowest BCUT2D eigenvalue weighted by Crippen LogP contribution is -2.23. The van der Waals surface area contributed by atoms with Crippen LogP contribution >= 0.6 is 15.9 Å². The number of esters is 1. The van der Waals surface area contributed by atoms with Crippen LogP contribution in [0.25, 0.3) is 0 Å². The molecule has 0 amide bonds. The van der Waals surface area contributed by atoms with Gasteiger partial charge in [-0.2, -0.15) is 0 Å². The van der Waals surface area contributed by atoms with Gasteiger partial charge in [0.15, 0.2) is 0 Å². The second-order valence-corrected chi connectivity index (χ2v) is 3.80. The van der Waals surface area contributed by atoms with Gasteiger partial charge in [-0.3, -0.25) is 4.79 Å².